The number of esters is 1. The van der Waals surface area contributed by atoms with Crippen LogP contribution in [0.5, 0.6) is 0 Å². The summed E-state index contributed by atoms with van der Waals surface area (Å²) in [6.45, 7) is 0. The van der Waals surface area contributed by atoms with Crippen molar-refractivity contribution in [2.75, 3.05) is 7.11 Å². The van der Waals surface area contributed by atoms with Crippen molar-refractivity contribution in [1.82, 2.24) is 0 Å². The van der Waals surface area contributed by atoms with Crippen LogP contribution in [0.25, 0.3) is 0 Å². The molecule has 1 aromatic carbocycles. The molecule has 4 heteroatoms. The first-order valence-corrected chi connectivity index (χ1v) is 4.78. The third-order valence-electron chi connectivity index (χ3n) is 2.16. The lowest BCUT2D eigenvalue weighted by Gasteiger charge is -2.04. The number of nitrogens with zero attached hydrogens (tertiary/aromatic N) is 1. The Labute approximate surface area is 93.5 Å². The van der Waals surface area contributed by atoms with Crippen molar-refractivity contribution in [1.29, 1.82) is 5.26 Å². The highest BCUT2D eigenvalue weighted by molar-refractivity contribution is 5.92. The molecule has 0 fully saturated rings. The molecule has 0 amide bonds. The molecule has 0 heterocycles. The second kappa shape index (κ2) is 5.66. The molecular formula is C12H11NO3. The summed E-state index contributed by atoms with van der Waals surface area (Å²) in [5.41, 5.74) is 1.36. The number of nitriles is 1. The molecular weight excluding hydrogens is 206 g/mol. The molecule has 0 aliphatic carbocycles. The average Bonchev–Trinajstić information content (AvgIpc) is 2.35. The summed E-state index contributed by atoms with van der Waals surface area (Å²) in [5, 5.41) is 8.82. The number of methoxy groups -OCH3 is 1. The van der Waals surface area contributed by atoms with Gasteiger partial charge in [0.2, 0.25) is 0 Å². The van der Waals surface area contributed by atoms with Crippen LogP contribution in [-0.2, 0) is 16.0 Å². The topological polar surface area (TPSA) is 67.2 Å². The summed E-state index contributed by atoms with van der Waals surface area (Å²) >= 11 is 0. The highest BCUT2D eigenvalue weighted by Gasteiger charge is 2.12. The van der Waals surface area contributed by atoms with Crippen LogP contribution < -0.4 is 0 Å². The Morgan fingerprint density at radius 2 is 2.31 bits per heavy atom. The number of carbonyl (C=O) groups is 2. The normalized spacial score (nSPS) is 9.25. The Morgan fingerprint density at radius 3 is 2.88 bits per heavy atom. The Balaban J connectivity index is 3.07. The summed E-state index contributed by atoms with van der Waals surface area (Å²) in [4.78, 5) is 21.6. The van der Waals surface area contributed by atoms with Crippen LogP contribution in [0.1, 0.15) is 27.9 Å². The number of hydrogen-bond donors (Lipinski definition) is 0. The van der Waals surface area contributed by atoms with E-state index in [1.54, 1.807) is 18.2 Å². The van der Waals surface area contributed by atoms with Gasteiger partial charge in [-0.25, -0.2) is 4.79 Å². The van der Waals surface area contributed by atoms with Gasteiger partial charge in [-0.15, -0.1) is 0 Å². The highest BCUT2D eigenvalue weighted by atomic mass is 16.5. The third-order valence-corrected chi connectivity index (χ3v) is 2.16. The molecule has 0 bridgehead atoms. The van der Waals surface area contributed by atoms with Crippen molar-refractivity contribution in [3.63, 3.8) is 0 Å². The molecule has 0 spiro atoms. The molecule has 0 unspecified atom stereocenters. The minimum atomic E-state index is -0.537. The Bertz CT molecular complexity index is 446. The minimum Gasteiger partial charge on any atom is -0.465 e. The van der Waals surface area contributed by atoms with Crippen molar-refractivity contribution in [3.8, 4) is 6.07 Å². The Morgan fingerprint density at radius 1 is 1.56 bits per heavy atom. The van der Waals surface area contributed by atoms with Gasteiger partial charge in [0.15, 0.2) is 0 Å². The van der Waals surface area contributed by atoms with Crippen LogP contribution in [0.4, 0.5) is 0 Å². The monoisotopic (exact) mass is 217 g/mol. The van der Waals surface area contributed by atoms with Gasteiger partial charge in [0.1, 0.15) is 12.4 Å². The van der Waals surface area contributed by atoms with E-state index in [0.29, 0.717) is 12.8 Å². The van der Waals surface area contributed by atoms with Crippen LogP contribution in [0, 0.1) is 11.3 Å². The van der Waals surface area contributed by atoms with E-state index in [9.17, 15) is 9.59 Å². The van der Waals surface area contributed by atoms with Crippen molar-refractivity contribution < 1.29 is 14.3 Å². The zero-order chi connectivity index (χ0) is 12.0. The molecule has 1 aromatic rings. The number of benzene rings is 1. The van der Waals surface area contributed by atoms with Crippen LogP contribution >= 0.6 is 0 Å². The zero-order valence-electron chi connectivity index (χ0n) is 8.90. The second-order valence-electron chi connectivity index (χ2n) is 3.19. The van der Waals surface area contributed by atoms with Gasteiger partial charge in [-0.05, 0) is 24.1 Å². The molecule has 1 rings (SSSR count). The molecule has 0 aliphatic heterocycles. The SMILES string of the molecule is COC(=O)c1cc(CCC=O)ccc1C#N. The number of carbonyl (C=O) groups excluding carboxylic acids is 2. The predicted octanol–water partition coefficient (Wildman–Crippen LogP) is 1.48. The molecule has 0 radical (unpaired) electrons. The van der Waals surface area contributed by atoms with Gasteiger partial charge < -0.3 is 9.53 Å². The Kier molecular flexibility index (Phi) is 4.22. The quantitative estimate of drug-likeness (QED) is 0.565. The van der Waals surface area contributed by atoms with Gasteiger partial charge in [0.05, 0.1) is 18.2 Å². The molecule has 82 valence electrons. The van der Waals surface area contributed by atoms with Crippen molar-refractivity contribution in [3.05, 3.63) is 34.9 Å². The number of ether oxygens (including phenoxy) is 1. The molecule has 0 saturated carbocycles. The van der Waals surface area contributed by atoms with E-state index in [4.69, 9.17) is 5.26 Å². The summed E-state index contributed by atoms with van der Waals surface area (Å²) in [6.07, 6.45) is 1.77. The van der Waals surface area contributed by atoms with Gasteiger partial charge in [0.25, 0.3) is 0 Å². The van der Waals surface area contributed by atoms with E-state index >= 15 is 0 Å². The minimum absolute atomic E-state index is 0.244. The smallest absolute Gasteiger partial charge is 0.339 e. The largest absolute Gasteiger partial charge is 0.465 e. The maximum Gasteiger partial charge on any atom is 0.339 e. The first-order valence-electron chi connectivity index (χ1n) is 4.78. The molecule has 4 nitrogen and oxygen atoms in total. The standard InChI is InChI=1S/C12H11NO3/c1-16-12(15)11-7-9(3-2-6-14)4-5-10(11)8-13/h4-7H,2-3H2,1H3. The van der Waals surface area contributed by atoms with Crippen LogP contribution in [-0.4, -0.2) is 19.4 Å². The number of aryl methyl sites for hydroxylation is 1. The second-order valence-corrected chi connectivity index (χ2v) is 3.19. The van der Waals surface area contributed by atoms with Gasteiger partial charge in [-0.1, -0.05) is 6.07 Å². The van der Waals surface area contributed by atoms with Crippen molar-refractivity contribution >= 4 is 12.3 Å². The summed E-state index contributed by atoms with van der Waals surface area (Å²) < 4.78 is 4.58. The molecule has 16 heavy (non-hydrogen) atoms. The van der Waals surface area contributed by atoms with E-state index in [1.807, 2.05) is 6.07 Å². The molecule has 0 aromatic heterocycles. The molecule has 0 N–H and O–H groups in total. The predicted molar refractivity (Wildman–Crippen MR) is 56.9 cm³/mol. The molecule has 0 atom stereocenters. The van der Waals surface area contributed by atoms with Gasteiger partial charge in [-0.3, -0.25) is 0 Å². The van der Waals surface area contributed by atoms with Gasteiger partial charge in [-0.2, -0.15) is 5.26 Å². The van der Waals surface area contributed by atoms with Crippen LogP contribution in [0.15, 0.2) is 18.2 Å². The lowest BCUT2D eigenvalue weighted by atomic mass is 10.0. The van der Waals surface area contributed by atoms with Crippen molar-refractivity contribution in [2.45, 2.75) is 12.8 Å². The highest BCUT2D eigenvalue weighted by Crippen LogP contribution is 2.13. The van der Waals surface area contributed by atoms with E-state index in [-0.39, 0.29) is 11.1 Å². The number of hydrogen-bond acceptors (Lipinski definition) is 4. The fourth-order valence-corrected chi connectivity index (χ4v) is 1.35. The van der Waals surface area contributed by atoms with E-state index in [1.165, 1.54) is 7.11 Å². The summed E-state index contributed by atoms with van der Waals surface area (Å²) in [5.74, 6) is -0.537. The maximum atomic E-state index is 11.4. The van der Waals surface area contributed by atoms with E-state index in [0.717, 1.165) is 11.8 Å². The lowest BCUT2D eigenvalue weighted by molar-refractivity contribution is -0.107. The third kappa shape index (κ3) is 2.67. The fraction of sp³-hybridized carbons (Fsp3) is 0.250. The zero-order valence-corrected chi connectivity index (χ0v) is 8.90. The van der Waals surface area contributed by atoms with Crippen LogP contribution in [0.2, 0.25) is 0 Å². The van der Waals surface area contributed by atoms with Crippen LogP contribution in [0.3, 0.4) is 0 Å². The number of rotatable bonds is 4. The van der Waals surface area contributed by atoms with Gasteiger partial charge >= 0.3 is 5.97 Å². The first kappa shape index (κ1) is 11.9. The summed E-state index contributed by atoms with van der Waals surface area (Å²) in [7, 11) is 1.27. The maximum absolute atomic E-state index is 11.4. The van der Waals surface area contributed by atoms with Gasteiger partial charge in [0, 0.05) is 6.42 Å². The number of aldehydes is 1. The fourth-order valence-electron chi connectivity index (χ4n) is 1.35. The average molecular weight is 217 g/mol. The van der Waals surface area contributed by atoms with E-state index in [2.05, 4.69) is 4.74 Å². The molecule has 0 aliphatic rings. The first-order chi connectivity index (χ1) is 7.72. The lowest BCUT2D eigenvalue weighted by Crippen LogP contribution is -2.05. The molecule has 0 saturated heterocycles. The Hall–Kier alpha value is -2.15. The van der Waals surface area contributed by atoms with E-state index < -0.39 is 5.97 Å². The van der Waals surface area contributed by atoms with Crippen molar-refractivity contribution in [2.24, 2.45) is 0 Å². The summed E-state index contributed by atoms with van der Waals surface area (Å²) in [6, 6.07) is 6.81.